The summed E-state index contributed by atoms with van der Waals surface area (Å²) in [5, 5.41) is 3.29. The van der Waals surface area contributed by atoms with Gasteiger partial charge in [-0.05, 0) is 62.2 Å². The van der Waals surface area contributed by atoms with Gasteiger partial charge in [0, 0.05) is 31.6 Å². The Balaban J connectivity index is 1.30. The van der Waals surface area contributed by atoms with Crippen LogP contribution in [-0.4, -0.2) is 49.7 Å². The number of ether oxygens (including phenoxy) is 1. The average Bonchev–Trinajstić information content (AvgIpc) is 2.51. The van der Waals surface area contributed by atoms with Crippen LogP contribution in [0.25, 0.3) is 0 Å². The van der Waals surface area contributed by atoms with Gasteiger partial charge in [0.2, 0.25) is 5.91 Å². The van der Waals surface area contributed by atoms with Gasteiger partial charge >= 0.3 is 0 Å². The third-order valence-corrected chi connectivity index (χ3v) is 6.86. The molecule has 1 N–H and O–H groups in total. The minimum absolute atomic E-state index is 0.0267. The van der Waals surface area contributed by atoms with Gasteiger partial charge in [0.25, 0.3) is 0 Å². The van der Waals surface area contributed by atoms with Crippen molar-refractivity contribution in [2.45, 2.75) is 58.5 Å². The van der Waals surface area contributed by atoms with Crippen LogP contribution in [0.1, 0.15) is 52.4 Å². The summed E-state index contributed by atoms with van der Waals surface area (Å²) in [5.74, 6) is 3.51. The number of carbonyl (C=O) groups excluding carboxylic acids is 1. The molecule has 4 heteroatoms. The van der Waals surface area contributed by atoms with Crippen molar-refractivity contribution in [2.24, 2.45) is 29.1 Å². The van der Waals surface area contributed by atoms with Crippen molar-refractivity contribution in [1.29, 1.82) is 0 Å². The zero-order chi connectivity index (χ0) is 16.7. The van der Waals surface area contributed by atoms with E-state index in [-0.39, 0.29) is 11.5 Å². The van der Waals surface area contributed by atoms with Gasteiger partial charge in [0.15, 0.2) is 0 Å². The lowest BCUT2D eigenvalue weighted by Gasteiger charge is -2.55. The van der Waals surface area contributed by atoms with Crippen LogP contribution in [0.4, 0.5) is 0 Å². The number of morpholine rings is 1. The van der Waals surface area contributed by atoms with Gasteiger partial charge in [-0.1, -0.05) is 13.8 Å². The highest BCUT2D eigenvalue weighted by molar-refractivity contribution is 5.83. The fraction of sp³-hybridized carbons (Fsp3) is 0.950. The molecule has 24 heavy (non-hydrogen) atoms. The molecular weight excluding hydrogens is 300 g/mol. The van der Waals surface area contributed by atoms with E-state index in [0.29, 0.717) is 18.4 Å². The van der Waals surface area contributed by atoms with E-state index in [1.165, 1.54) is 19.3 Å². The minimum Gasteiger partial charge on any atom is -0.374 e. The lowest BCUT2D eigenvalue weighted by molar-refractivity contribution is -0.147. The molecule has 0 aromatic carbocycles. The standard InChI is InChI=1S/C20H34N2O2/c1-14(2)12-22-3-4-24-18(13-22)11-21-19(23)20-8-15-5-16(9-20)7-17(6-15)10-20/h14-18H,3-13H2,1-2H3,(H,21,23)/t15?,16?,17?,18-,20?/m0/s1. The van der Waals surface area contributed by atoms with Gasteiger partial charge in [-0.15, -0.1) is 0 Å². The van der Waals surface area contributed by atoms with Gasteiger partial charge in [-0.25, -0.2) is 0 Å². The first kappa shape index (κ1) is 16.8. The molecule has 4 bridgehead atoms. The molecule has 136 valence electrons. The number of hydrogen-bond donors (Lipinski definition) is 1. The normalized spacial score (nSPS) is 41.8. The maximum Gasteiger partial charge on any atom is 0.226 e. The monoisotopic (exact) mass is 334 g/mol. The highest BCUT2D eigenvalue weighted by Crippen LogP contribution is 2.60. The second-order valence-electron chi connectivity index (χ2n) is 9.55. The van der Waals surface area contributed by atoms with Crippen LogP contribution in [0.15, 0.2) is 0 Å². The number of nitrogens with one attached hydrogen (secondary N) is 1. The number of rotatable bonds is 5. The Labute approximate surface area is 146 Å². The molecule has 5 fully saturated rings. The van der Waals surface area contributed by atoms with E-state index >= 15 is 0 Å². The molecule has 1 amide bonds. The number of amides is 1. The predicted octanol–water partition coefficient (Wildman–Crippen LogP) is 2.68. The first-order chi connectivity index (χ1) is 11.5. The van der Waals surface area contributed by atoms with Crippen molar-refractivity contribution in [2.75, 3.05) is 32.8 Å². The summed E-state index contributed by atoms with van der Waals surface area (Å²) in [4.78, 5) is 15.5. The molecule has 1 atom stereocenters. The molecule has 1 aliphatic heterocycles. The predicted molar refractivity (Wildman–Crippen MR) is 94.6 cm³/mol. The lowest BCUT2D eigenvalue weighted by atomic mass is 9.49. The van der Waals surface area contributed by atoms with Crippen LogP contribution in [-0.2, 0) is 9.53 Å². The van der Waals surface area contributed by atoms with E-state index in [2.05, 4.69) is 24.1 Å². The largest absolute Gasteiger partial charge is 0.374 e. The Morgan fingerprint density at radius 1 is 1.17 bits per heavy atom. The molecule has 0 spiro atoms. The third kappa shape index (κ3) is 3.37. The van der Waals surface area contributed by atoms with E-state index in [9.17, 15) is 4.79 Å². The molecule has 1 saturated heterocycles. The zero-order valence-corrected chi connectivity index (χ0v) is 15.4. The minimum atomic E-state index is -0.0267. The summed E-state index contributed by atoms with van der Waals surface area (Å²) < 4.78 is 5.90. The van der Waals surface area contributed by atoms with E-state index in [1.54, 1.807) is 0 Å². The smallest absolute Gasteiger partial charge is 0.226 e. The Morgan fingerprint density at radius 2 is 1.79 bits per heavy atom. The summed E-state index contributed by atoms with van der Waals surface area (Å²) in [7, 11) is 0. The van der Waals surface area contributed by atoms with Crippen LogP contribution in [0.2, 0.25) is 0 Å². The van der Waals surface area contributed by atoms with Crippen LogP contribution in [0, 0.1) is 29.1 Å². The molecule has 5 aliphatic rings. The van der Waals surface area contributed by atoms with E-state index in [1.807, 2.05) is 0 Å². The van der Waals surface area contributed by atoms with Gasteiger partial charge < -0.3 is 10.1 Å². The molecule has 0 aromatic rings. The summed E-state index contributed by atoms with van der Waals surface area (Å²) in [6.07, 6.45) is 7.78. The second-order valence-corrected chi connectivity index (χ2v) is 9.55. The summed E-state index contributed by atoms with van der Waals surface area (Å²) in [6, 6.07) is 0. The van der Waals surface area contributed by atoms with Crippen molar-refractivity contribution in [3.05, 3.63) is 0 Å². The number of hydrogen-bond acceptors (Lipinski definition) is 3. The van der Waals surface area contributed by atoms with E-state index in [0.717, 1.165) is 63.3 Å². The SMILES string of the molecule is CC(C)CN1CCO[C@@H](CNC(=O)C23CC4CC(CC(C4)C2)C3)C1. The van der Waals surface area contributed by atoms with Gasteiger partial charge in [0.05, 0.1) is 12.7 Å². The Hall–Kier alpha value is -0.610. The van der Waals surface area contributed by atoms with E-state index in [4.69, 9.17) is 4.74 Å². The summed E-state index contributed by atoms with van der Waals surface area (Å²) in [6.45, 7) is 9.12. The highest BCUT2D eigenvalue weighted by atomic mass is 16.5. The topological polar surface area (TPSA) is 41.6 Å². The number of carbonyl (C=O) groups is 1. The van der Waals surface area contributed by atoms with Crippen molar-refractivity contribution >= 4 is 5.91 Å². The molecule has 1 heterocycles. The Morgan fingerprint density at radius 3 is 2.38 bits per heavy atom. The molecule has 4 saturated carbocycles. The first-order valence-corrected chi connectivity index (χ1v) is 10.1. The van der Waals surface area contributed by atoms with Crippen molar-refractivity contribution < 1.29 is 9.53 Å². The van der Waals surface area contributed by atoms with Crippen molar-refractivity contribution in [1.82, 2.24) is 10.2 Å². The van der Waals surface area contributed by atoms with Gasteiger partial charge in [-0.3, -0.25) is 9.69 Å². The highest BCUT2D eigenvalue weighted by Gasteiger charge is 2.54. The summed E-state index contributed by atoms with van der Waals surface area (Å²) in [5.41, 5.74) is -0.0267. The van der Waals surface area contributed by atoms with Crippen molar-refractivity contribution in [3.63, 3.8) is 0 Å². The fourth-order valence-electron chi connectivity index (χ4n) is 6.37. The number of nitrogens with zero attached hydrogens (tertiary/aromatic N) is 1. The Kier molecular flexibility index (Phi) is 4.63. The van der Waals surface area contributed by atoms with Crippen LogP contribution >= 0.6 is 0 Å². The maximum absolute atomic E-state index is 13.0. The fourth-order valence-corrected chi connectivity index (χ4v) is 6.37. The van der Waals surface area contributed by atoms with Crippen LogP contribution < -0.4 is 5.32 Å². The molecule has 4 nitrogen and oxygen atoms in total. The zero-order valence-electron chi connectivity index (χ0n) is 15.4. The molecule has 5 rings (SSSR count). The van der Waals surface area contributed by atoms with E-state index < -0.39 is 0 Å². The van der Waals surface area contributed by atoms with Gasteiger partial charge in [0.1, 0.15) is 0 Å². The average molecular weight is 335 g/mol. The Bertz CT molecular complexity index is 441. The molecule has 4 aliphatic carbocycles. The summed E-state index contributed by atoms with van der Waals surface area (Å²) >= 11 is 0. The van der Waals surface area contributed by atoms with Gasteiger partial charge in [-0.2, -0.15) is 0 Å². The van der Waals surface area contributed by atoms with Crippen LogP contribution in [0.5, 0.6) is 0 Å². The van der Waals surface area contributed by atoms with Crippen molar-refractivity contribution in [3.8, 4) is 0 Å². The third-order valence-electron chi connectivity index (χ3n) is 6.86. The molecule has 0 unspecified atom stereocenters. The lowest BCUT2D eigenvalue weighted by Crippen LogP contribution is -2.55. The maximum atomic E-state index is 13.0. The van der Waals surface area contributed by atoms with Crippen LogP contribution in [0.3, 0.4) is 0 Å². The quantitative estimate of drug-likeness (QED) is 0.840. The molecule has 0 aromatic heterocycles. The molecular formula is C20H34N2O2. The first-order valence-electron chi connectivity index (χ1n) is 10.1. The second kappa shape index (κ2) is 6.60. The molecule has 0 radical (unpaired) electrons.